The van der Waals surface area contributed by atoms with Crippen LogP contribution in [0.1, 0.15) is 29.0 Å². The number of rotatable bonds is 3. The molecule has 0 fully saturated rings. The van der Waals surface area contributed by atoms with Gasteiger partial charge in [-0.15, -0.1) is 0 Å². The number of hydrogen-bond acceptors (Lipinski definition) is 1. The van der Waals surface area contributed by atoms with Crippen LogP contribution in [-0.2, 0) is 7.05 Å². The maximum Gasteiger partial charge on any atom is 0.270 e. The van der Waals surface area contributed by atoms with Crippen molar-refractivity contribution in [3.63, 3.8) is 0 Å². The molecule has 1 aromatic carbocycles. The molecule has 1 amide bonds. The quantitative estimate of drug-likeness (QED) is 0.836. The van der Waals surface area contributed by atoms with Crippen molar-refractivity contribution < 1.29 is 9.18 Å². The molecule has 1 unspecified atom stereocenters. The summed E-state index contributed by atoms with van der Waals surface area (Å²) in [7, 11) is 3.58. The average Bonchev–Trinajstić information content (AvgIpc) is 2.76. The van der Waals surface area contributed by atoms with E-state index >= 15 is 0 Å². The number of aryl methyl sites for hydroxylation is 1. The van der Waals surface area contributed by atoms with Crippen LogP contribution in [0.5, 0.6) is 0 Å². The van der Waals surface area contributed by atoms with E-state index in [-0.39, 0.29) is 17.8 Å². The van der Waals surface area contributed by atoms with Crippen molar-refractivity contribution in [1.29, 1.82) is 0 Å². The summed E-state index contributed by atoms with van der Waals surface area (Å²) in [5.41, 5.74) is 1.50. The second kappa shape index (κ2) is 5.79. The highest BCUT2D eigenvalue weighted by atomic mass is 79.9. The van der Waals surface area contributed by atoms with Crippen LogP contribution in [0.3, 0.4) is 0 Å². The Labute approximate surface area is 126 Å². The molecule has 0 radical (unpaired) electrons. The molecule has 0 spiro atoms. The van der Waals surface area contributed by atoms with E-state index < -0.39 is 0 Å². The first-order chi connectivity index (χ1) is 9.40. The summed E-state index contributed by atoms with van der Waals surface area (Å²) in [5, 5.41) is 0. The van der Waals surface area contributed by atoms with Gasteiger partial charge in [0, 0.05) is 24.8 Å². The van der Waals surface area contributed by atoms with Crippen LogP contribution in [0, 0.1) is 5.82 Å². The molecule has 106 valence electrons. The highest BCUT2D eigenvalue weighted by Gasteiger charge is 2.21. The first-order valence-electron chi connectivity index (χ1n) is 6.24. The van der Waals surface area contributed by atoms with Crippen LogP contribution in [0.4, 0.5) is 4.39 Å². The zero-order valence-electron chi connectivity index (χ0n) is 11.6. The minimum absolute atomic E-state index is 0.0741. The highest BCUT2D eigenvalue weighted by Crippen LogP contribution is 2.22. The summed E-state index contributed by atoms with van der Waals surface area (Å²) in [6.45, 7) is 1.92. The fraction of sp³-hybridized carbons (Fsp3) is 0.267. The smallest absolute Gasteiger partial charge is 0.270 e. The van der Waals surface area contributed by atoms with Gasteiger partial charge in [0.15, 0.2) is 0 Å². The van der Waals surface area contributed by atoms with Crippen molar-refractivity contribution in [2.45, 2.75) is 13.0 Å². The highest BCUT2D eigenvalue weighted by molar-refractivity contribution is 9.10. The minimum Gasteiger partial charge on any atom is -0.345 e. The van der Waals surface area contributed by atoms with Crippen LogP contribution in [0.25, 0.3) is 0 Å². The number of hydrogen-bond donors (Lipinski definition) is 0. The van der Waals surface area contributed by atoms with Gasteiger partial charge in [-0.3, -0.25) is 4.79 Å². The topological polar surface area (TPSA) is 25.2 Å². The van der Waals surface area contributed by atoms with E-state index in [1.54, 1.807) is 34.7 Å². The Morgan fingerprint density at radius 3 is 2.45 bits per heavy atom. The molecule has 1 heterocycles. The SMILES string of the molecule is CC(c1ccc(F)cc1)N(C)C(=O)c1cc(Br)cn1C. The Kier molecular flexibility index (Phi) is 4.28. The zero-order chi connectivity index (χ0) is 14.9. The second-order valence-corrected chi connectivity index (χ2v) is 5.71. The fourth-order valence-corrected chi connectivity index (χ4v) is 2.58. The lowest BCUT2D eigenvalue weighted by atomic mass is 10.1. The first kappa shape index (κ1) is 14.8. The van der Waals surface area contributed by atoms with E-state index in [4.69, 9.17) is 0 Å². The van der Waals surface area contributed by atoms with Gasteiger partial charge in [-0.2, -0.15) is 0 Å². The zero-order valence-corrected chi connectivity index (χ0v) is 13.2. The number of halogens is 2. The summed E-state index contributed by atoms with van der Waals surface area (Å²) in [4.78, 5) is 14.1. The van der Waals surface area contributed by atoms with Crippen molar-refractivity contribution >= 4 is 21.8 Å². The number of benzene rings is 1. The lowest BCUT2D eigenvalue weighted by Gasteiger charge is -2.25. The van der Waals surface area contributed by atoms with Crippen LogP contribution in [0.2, 0.25) is 0 Å². The Balaban J connectivity index is 2.22. The molecular weight excluding hydrogens is 323 g/mol. The van der Waals surface area contributed by atoms with Crippen molar-refractivity contribution in [2.75, 3.05) is 7.05 Å². The van der Waals surface area contributed by atoms with Gasteiger partial charge < -0.3 is 9.47 Å². The molecule has 0 aliphatic carbocycles. The molecule has 0 saturated heterocycles. The molecular formula is C15H16BrFN2O. The van der Waals surface area contributed by atoms with Gasteiger partial charge in [-0.1, -0.05) is 12.1 Å². The third-order valence-corrected chi connectivity index (χ3v) is 3.88. The molecule has 1 aromatic heterocycles. The van der Waals surface area contributed by atoms with E-state index in [0.29, 0.717) is 5.69 Å². The van der Waals surface area contributed by atoms with E-state index in [1.165, 1.54) is 12.1 Å². The van der Waals surface area contributed by atoms with Gasteiger partial charge in [-0.25, -0.2) is 4.39 Å². The molecule has 0 saturated carbocycles. The molecule has 20 heavy (non-hydrogen) atoms. The second-order valence-electron chi connectivity index (χ2n) is 4.80. The Morgan fingerprint density at radius 1 is 1.35 bits per heavy atom. The van der Waals surface area contributed by atoms with Crippen LogP contribution >= 0.6 is 15.9 Å². The molecule has 2 rings (SSSR count). The van der Waals surface area contributed by atoms with E-state index in [0.717, 1.165) is 10.0 Å². The van der Waals surface area contributed by atoms with Crippen LogP contribution < -0.4 is 0 Å². The van der Waals surface area contributed by atoms with Crippen molar-refractivity contribution in [3.05, 3.63) is 58.1 Å². The lowest BCUT2D eigenvalue weighted by Crippen LogP contribution is -2.30. The number of amides is 1. The maximum absolute atomic E-state index is 12.9. The summed E-state index contributed by atoms with van der Waals surface area (Å²) in [5.74, 6) is -0.351. The largest absolute Gasteiger partial charge is 0.345 e. The van der Waals surface area contributed by atoms with Gasteiger partial charge in [0.05, 0.1) is 6.04 Å². The molecule has 1 atom stereocenters. The van der Waals surface area contributed by atoms with Gasteiger partial charge in [0.25, 0.3) is 5.91 Å². The fourth-order valence-electron chi connectivity index (χ4n) is 2.06. The van der Waals surface area contributed by atoms with Gasteiger partial charge in [-0.05, 0) is 46.6 Å². The van der Waals surface area contributed by atoms with Gasteiger partial charge in [0.1, 0.15) is 11.5 Å². The molecule has 0 aliphatic rings. The standard InChI is InChI=1S/C15H16BrFN2O/c1-10(11-4-6-13(17)7-5-11)19(3)15(20)14-8-12(16)9-18(14)2/h4-10H,1-3H3. The summed E-state index contributed by atoms with van der Waals surface area (Å²) < 4.78 is 15.6. The monoisotopic (exact) mass is 338 g/mol. The molecule has 0 aliphatic heterocycles. The molecule has 0 bridgehead atoms. The Hall–Kier alpha value is -1.62. The number of carbonyl (C=O) groups excluding carboxylic acids is 1. The molecule has 3 nitrogen and oxygen atoms in total. The first-order valence-corrected chi connectivity index (χ1v) is 7.04. The molecule has 5 heteroatoms. The third kappa shape index (κ3) is 2.93. The number of carbonyl (C=O) groups is 1. The van der Waals surface area contributed by atoms with E-state index in [9.17, 15) is 9.18 Å². The van der Waals surface area contributed by atoms with Crippen molar-refractivity contribution in [2.24, 2.45) is 7.05 Å². The van der Waals surface area contributed by atoms with E-state index in [1.807, 2.05) is 20.2 Å². The van der Waals surface area contributed by atoms with Crippen LogP contribution in [-0.4, -0.2) is 22.4 Å². The van der Waals surface area contributed by atoms with Gasteiger partial charge >= 0.3 is 0 Å². The summed E-state index contributed by atoms with van der Waals surface area (Å²) in [6.07, 6.45) is 1.84. The van der Waals surface area contributed by atoms with Crippen molar-refractivity contribution in [3.8, 4) is 0 Å². The molecule has 2 aromatic rings. The predicted octanol–water partition coefficient (Wildman–Crippen LogP) is 3.76. The Bertz CT molecular complexity index is 621. The average molecular weight is 339 g/mol. The molecule has 0 N–H and O–H groups in total. The number of nitrogens with zero attached hydrogens (tertiary/aromatic N) is 2. The predicted molar refractivity (Wildman–Crippen MR) is 80.0 cm³/mol. The maximum atomic E-state index is 12.9. The number of aromatic nitrogens is 1. The minimum atomic E-state index is -0.277. The van der Waals surface area contributed by atoms with Gasteiger partial charge in [0.2, 0.25) is 0 Å². The Morgan fingerprint density at radius 2 is 1.95 bits per heavy atom. The third-order valence-electron chi connectivity index (χ3n) is 3.44. The summed E-state index contributed by atoms with van der Waals surface area (Å²) >= 11 is 3.36. The lowest BCUT2D eigenvalue weighted by molar-refractivity contribution is 0.0733. The van der Waals surface area contributed by atoms with Crippen LogP contribution in [0.15, 0.2) is 41.0 Å². The normalized spacial score (nSPS) is 12.2. The van der Waals surface area contributed by atoms with Crippen molar-refractivity contribution in [1.82, 2.24) is 9.47 Å². The summed E-state index contributed by atoms with van der Waals surface area (Å²) in [6, 6.07) is 7.87. The van der Waals surface area contributed by atoms with E-state index in [2.05, 4.69) is 15.9 Å².